The Kier molecular flexibility index (Phi) is 5.71. The highest BCUT2D eigenvalue weighted by atomic mass is 127. The molecule has 0 spiro atoms. The summed E-state index contributed by atoms with van der Waals surface area (Å²) in [6, 6.07) is 0. The molecule has 84 valence electrons. The molecule has 0 aromatic rings. The van der Waals surface area contributed by atoms with Crippen molar-refractivity contribution >= 4 is 22.6 Å². The van der Waals surface area contributed by atoms with Crippen molar-refractivity contribution in [1.29, 1.82) is 0 Å². The second-order valence-electron chi connectivity index (χ2n) is 4.47. The molecular weight excluding hydrogens is 291 g/mol. The average molecular weight is 312 g/mol. The topological polar surface area (TPSA) is 18.5 Å². The molecular formula is C11H21IO2. The van der Waals surface area contributed by atoms with Gasteiger partial charge in [0.1, 0.15) is 0 Å². The van der Waals surface area contributed by atoms with Crippen LogP contribution in [-0.2, 0) is 9.47 Å². The Morgan fingerprint density at radius 1 is 1.43 bits per heavy atom. The molecule has 14 heavy (non-hydrogen) atoms. The van der Waals surface area contributed by atoms with E-state index in [0.717, 1.165) is 19.4 Å². The van der Waals surface area contributed by atoms with E-state index in [4.69, 9.17) is 9.47 Å². The number of alkyl halides is 1. The summed E-state index contributed by atoms with van der Waals surface area (Å²) in [5.74, 6) is 0. The third kappa shape index (κ3) is 4.94. The first-order valence-corrected chi connectivity index (χ1v) is 7.02. The molecule has 0 N–H and O–H groups in total. The first kappa shape index (κ1) is 12.7. The third-order valence-electron chi connectivity index (χ3n) is 2.50. The molecule has 0 bridgehead atoms. The number of halogens is 1. The molecule has 1 atom stereocenters. The van der Waals surface area contributed by atoms with Gasteiger partial charge in [0.25, 0.3) is 0 Å². The van der Waals surface area contributed by atoms with Crippen LogP contribution in [0.15, 0.2) is 0 Å². The van der Waals surface area contributed by atoms with E-state index in [1.165, 1.54) is 23.7 Å². The van der Waals surface area contributed by atoms with E-state index in [1.54, 1.807) is 0 Å². The highest BCUT2D eigenvalue weighted by Gasteiger charge is 2.24. The van der Waals surface area contributed by atoms with E-state index in [2.05, 4.69) is 36.4 Å². The van der Waals surface area contributed by atoms with Gasteiger partial charge in [-0.1, -0.05) is 22.6 Å². The van der Waals surface area contributed by atoms with Gasteiger partial charge in [-0.3, -0.25) is 0 Å². The predicted octanol–water partition coefficient (Wildman–Crippen LogP) is 3.52. The molecule has 0 aromatic heterocycles. The van der Waals surface area contributed by atoms with Crippen molar-refractivity contribution in [2.75, 3.05) is 11.0 Å². The maximum Gasteiger partial charge on any atom is 0.158 e. The minimum Gasteiger partial charge on any atom is -0.353 e. The Balaban J connectivity index is 2.25. The minimum atomic E-state index is -0.0207. The molecule has 1 aliphatic heterocycles. The van der Waals surface area contributed by atoms with E-state index >= 15 is 0 Å². The van der Waals surface area contributed by atoms with Crippen molar-refractivity contribution < 1.29 is 9.47 Å². The molecule has 1 fully saturated rings. The number of hydrogen-bond donors (Lipinski definition) is 0. The van der Waals surface area contributed by atoms with Crippen LogP contribution in [-0.4, -0.2) is 22.9 Å². The van der Waals surface area contributed by atoms with Crippen molar-refractivity contribution in [3.8, 4) is 0 Å². The van der Waals surface area contributed by atoms with Crippen molar-refractivity contribution in [2.45, 2.75) is 57.8 Å². The molecule has 1 heterocycles. The number of hydrogen-bond acceptors (Lipinski definition) is 2. The van der Waals surface area contributed by atoms with Crippen LogP contribution in [0, 0.1) is 0 Å². The fraction of sp³-hybridized carbons (Fsp3) is 1.00. The van der Waals surface area contributed by atoms with E-state index in [-0.39, 0.29) is 11.9 Å². The molecule has 0 aliphatic carbocycles. The summed E-state index contributed by atoms with van der Waals surface area (Å²) < 4.78 is 12.7. The Hall–Kier alpha value is 0.650. The maximum absolute atomic E-state index is 5.96. The van der Waals surface area contributed by atoms with Crippen LogP contribution in [0.1, 0.15) is 46.0 Å². The van der Waals surface area contributed by atoms with E-state index in [0.29, 0.717) is 0 Å². The van der Waals surface area contributed by atoms with Crippen molar-refractivity contribution in [3.05, 3.63) is 0 Å². The quantitative estimate of drug-likeness (QED) is 0.571. The Morgan fingerprint density at radius 2 is 2.21 bits per heavy atom. The van der Waals surface area contributed by atoms with Crippen LogP contribution < -0.4 is 0 Å². The van der Waals surface area contributed by atoms with Gasteiger partial charge in [-0.15, -0.1) is 0 Å². The number of ether oxygens (including phenoxy) is 2. The number of rotatable bonds is 5. The maximum atomic E-state index is 5.96. The zero-order chi connectivity index (χ0) is 10.4. The molecule has 1 rings (SSSR count). The Morgan fingerprint density at radius 3 is 2.79 bits per heavy atom. The first-order chi connectivity index (χ1) is 6.64. The second kappa shape index (κ2) is 6.28. The minimum absolute atomic E-state index is 0.0207. The lowest BCUT2D eigenvalue weighted by molar-refractivity contribution is -0.216. The van der Waals surface area contributed by atoms with Gasteiger partial charge in [0.15, 0.2) is 6.29 Å². The summed E-state index contributed by atoms with van der Waals surface area (Å²) in [6.45, 7) is 5.20. The molecule has 0 amide bonds. The average Bonchev–Trinajstić information content (AvgIpc) is 2.16. The lowest BCUT2D eigenvalue weighted by Gasteiger charge is -2.32. The molecule has 1 aliphatic rings. The van der Waals surface area contributed by atoms with Crippen LogP contribution in [0.25, 0.3) is 0 Å². The van der Waals surface area contributed by atoms with E-state index in [9.17, 15) is 0 Å². The second-order valence-corrected chi connectivity index (χ2v) is 5.54. The molecule has 3 heteroatoms. The van der Waals surface area contributed by atoms with Crippen LogP contribution in [0.4, 0.5) is 0 Å². The molecule has 1 unspecified atom stereocenters. The fourth-order valence-corrected chi connectivity index (χ4v) is 2.09. The fourth-order valence-electron chi connectivity index (χ4n) is 1.71. The normalized spacial score (nSPS) is 23.8. The monoisotopic (exact) mass is 312 g/mol. The predicted molar refractivity (Wildman–Crippen MR) is 66.9 cm³/mol. The molecule has 0 aromatic carbocycles. The van der Waals surface area contributed by atoms with Gasteiger partial charge >= 0.3 is 0 Å². The summed E-state index contributed by atoms with van der Waals surface area (Å²) in [5, 5.41) is 0. The molecule has 0 radical (unpaired) electrons. The van der Waals surface area contributed by atoms with E-state index in [1.807, 2.05) is 0 Å². The van der Waals surface area contributed by atoms with Crippen LogP contribution in [0.3, 0.4) is 0 Å². The lowest BCUT2D eigenvalue weighted by Crippen LogP contribution is -2.34. The summed E-state index contributed by atoms with van der Waals surface area (Å²) in [5.41, 5.74) is -0.0207. The standard InChI is InChI=1S/C11H21IO2/c1-11(2,7-5-8-12)14-10-6-3-4-9-13-10/h10H,3-9H2,1-2H3. The van der Waals surface area contributed by atoms with Crippen molar-refractivity contribution in [1.82, 2.24) is 0 Å². The van der Waals surface area contributed by atoms with Gasteiger partial charge < -0.3 is 9.47 Å². The summed E-state index contributed by atoms with van der Waals surface area (Å²) in [4.78, 5) is 0. The van der Waals surface area contributed by atoms with Crippen LogP contribution in [0.5, 0.6) is 0 Å². The van der Waals surface area contributed by atoms with Crippen molar-refractivity contribution in [2.24, 2.45) is 0 Å². The van der Waals surface area contributed by atoms with Crippen LogP contribution >= 0.6 is 22.6 Å². The highest BCUT2D eigenvalue weighted by Crippen LogP contribution is 2.24. The summed E-state index contributed by atoms with van der Waals surface area (Å²) >= 11 is 2.41. The zero-order valence-electron chi connectivity index (χ0n) is 9.22. The SMILES string of the molecule is CC(C)(CCCI)OC1CCCCO1. The van der Waals surface area contributed by atoms with E-state index < -0.39 is 0 Å². The molecule has 0 saturated carbocycles. The van der Waals surface area contributed by atoms with Gasteiger partial charge in [-0.25, -0.2) is 0 Å². The molecule has 2 nitrogen and oxygen atoms in total. The van der Waals surface area contributed by atoms with Crippen LogP contribution in [0.2, 0.25) is 0 Å². The van der Waals surface area contributed by atoms with Gasteiger partial charge in [0.2, 0.25) is 0 Å². The first-order valence-electron chi connectivity index (χ1n) is 5.49. The smallest absolute Gasteiger partial charge is 0.158 e. The molecule has 1 saturated heterocycles. The third-order valence-corrected chi connectivity index (χ3v) is 3.26. The largest absolute Gasteiger partial charge is 0.353 e. The van der Waals surface area contributed by atoms with Gasteiger partial charge in [-0.2, -0.15) is 0 Å². The lowest BCUT2D eigenvalue weighted by atomic mass is 10.0. The van der Waals surface area contributed by atoms with Gasteiger partial charge in [0, 0.05) is 6.61 Å². The summed E-state index contributed by atoms with van der Waals surface area (Å²) in [7, 11) is 0. The summed E-state index contributed by atoms with van der Waals surface area (Å²) in [6.07, 6.45) is 5.89. The zero-order valence-corrected chi connectivity index (χ0v) is 11.4. The Bertz CT molecular complexity index is 153. The highest BCUT2D eigenvalue weighted by molar-refractivity contribution is 14.1. The Labute approximate surface area is 101 Å². The van der Waals surface area contributed by atoms with Gasteiger partial charge in [-0.05, 0) is 50.4 Å². The van der Waals surface area contributed by atoms with Crippen molar-refractivity contribution in [3.63, 3.8) is 0 Å². The van der Waals surface area contributed by atoms with Gasteiger partial charge in [0.05, 0.1) is 5.60 Å².